The van der Waals surface area contributed by atoms with Crippen LogP contribution in [-0.4, -0.2) is 11.4 Å². The largest absolute Gasteiger partial charge is 0.356 e. The predicted molar refractivity (Wildman–Crippen MR) is 109 cm³/mol. The molecule has 3 nitrogen and oxygen atoms in total. The minimum atomic E-state index is -0.247. The molecule has 1 heterocycles. The monoisotopic (exact) mass is 372 g/mol. The van der Waals surface area contributed by atoms with Gasteiger partial charge in [-0.3, -0.25) is 4.99 Å². The third-order valence-corrected chi connectivity index (χ3v) is 4.48. The first-order valence-electron chi connectivity index (χ1n) is 8.65. The Labute approximate surface area is 162 Å². The molecule has 0 aliphatic carbocycles. The molecule has 0 fully saturated rings. The van der Waals surface area contributed by atoms with Gasteiger partial charge in [-0.2, -0.15) is 0 Å². The number of hydrogen-bond acceptors (Lipinski definition) is 3. The average molecular weight is 373 g/mol. The molecule has 0 N–H and O–H groups in total. The quantitative estimate of drug-likeness (QED) is 0.391. The Bertz CT molecular complexity index is 1020. The van der Waals surface area contributed by atoms with Gasteiger partial charge in [-0.15, -0.1) is 0 Å². The molecule has 27 heavy (non-hydrogen) atoms. The fraction of sp³-hybridized carbons (Fsp3) is 0.0435. The molecule has 0 aliphatic rings. The first kappa shape index (κ1) is 17.3. The molecule has 3 aromatic carbocycles. The van der Waals surface area contributed by atoms with Gasteiger partial charge in [0.25, 0.3) is 0 Å². The Hall–Kier alpha value is -3.17. The lowest BCUT2D eigenvalue weighted by atomic mass is 10.0. The lowest BCUT2D eigenvalue weighted by molar-refractivity contribution is 0.420. The van der Waals surface area contributed by atoms with Crippen LogP contribution in [0, 0.1) is 0 Å². The summed E-state index contributed by atoms with van der Waals surface area (Å²) in [6.45, 7) is 0. The third-order valence-electron chi connectivity index (χ3n) is 4.22. The van der Waals surface area contributed by atoms with Crippen LogP contribution < -0.4 is 0 Å². The van der Waals surface area contributed by atoms with Crippen LogP contribution in [0.5, 0.6) is 0 Å². The van der Waals surface area contributed by atoms with E-state index in [4.69, 9.17) is 21.1 Å². The molecule has 0 bridgehead atoms. The molecule has 4 heteroatoms. The summed E-state index contributed by atoms with van der Waals surface area (Å²) >= 11 is 5.96. The first-order chi connectivity index (χ1) is 13.3. The number of hydrogen-bond donors (Lipinski definition) is 0. The first-order valence-corrected chi connectivity index (χ1v) is 9.03. The molecule has 4 aromatic rings. The van der Waals surface area contributed by atoms with Crippen molar-refractivity contribution in [1.82, 2.24) is 5.16 Å². The van der Waals surface area contributed by atoms with Crippen molar-refractivity contribution < 1.29 is 4.52 Å². The van der Waals surface area contributed by atoms with Crippen LogP contribution in [0.3, 0.4) is 0 Å². The van der Waals surface area contributed by atoms with E-state index in [9.17, 15) is 0 Å². The molecule has 1 unspecified atom stereocenters. The van der Waals surface area contributed by atoms with Crippen molar-refractivity contribution in [2.75, 3.05) is 0 Å². The van der Waals surface area contributed by atoms with E-state index in [0.29, 0.717) is 5.02 Å². The Morgan fingerprint density at radius 3 is 2.22 bits per heavy atom. The summed E-state index contributed by atoms with van der Waals surface area (Å²) in [7, 11) is 0. The number of benzene rings is 3. The fourth-order valence-corrected chi connectivity index (χ4v) is 2.96. The van der Waals surface area contributed by atoms with Crippen molar-refractivity contribution in [3.05, 3.63) is 113 Å². The van der Waals surface area contributed by atoms with E-state index in [2.05, 4.69) is 5.16 Å². The minimum Gasteiger partial charge on any atom is -0.356 e. The SMILES string of the molecule is Clc1ccc(C=NC(c2ccccc2)c2cc(-c3ccccc3)on2)cc1. The average Bonchev–Trinajstić information content (AvgIpc) is 3.21. The number of rotatable bonds is 5. The van der Waals surface area contributed by atoms with Gasteiger partial charge < -0.3 is 4.52 Å². The van der Waals surface area contributed by atoms with E-state index in [0.717, 1.165) is 28.1 Å². The van der Waals surface area contributed by atoms with Gasteiger partial charge in [-0.1, -0.05) is 89.6 Å². The second kappa shape index (κ2) is 8.02. The van der Waals surface area contributed by atoms with E-state index in [-0.39, 0.29) is 6.04 Å². The summed E-state index contributed by atoms with van der Waals surface area (Å²) in [4.78, 5) is 4.78. The standard InChI is InChI=1S/C23H17ClN2O/c24-20-13-11-17(12-14-20)16-25-23(19-9-5-2-6-10-19)21-15-22(27-26-21)18-7-3-1-4-8-18/h1-16,23H. The van der Waals surface area contributed by atoms with E-state index in [1.165, 1.54) is 0 Å². The number of aromatic nitrogens is 1. The maximum atomic E-state index is 5.96. The molecule has 0 amide bonds. The summed E-state index contributed by atoms with van der Waals surface area (Å²) in [5.41, 5.74) is 3.79. The molecule has 0 saturated carbocycles. The smallest absolute Gasteiger partial charge is 0.167 e. The number of nitrogens with zero attached hydrogens (tertiary/aromatic N) is 2. The molecule has 4 rings (SSSR count). The zero-order valence-corrected chi connectivity index (χ0v) is 15.3. The van der Waals surface area contributed by atoms with Crippen LogP contribution in [0.4, 0.5) is 0 Å². The highest BCUT2D eigenvalue weighted by Crippen LogP contribution is 2.29. The highest BCUT2D eigenvalue weighted by molar-refractivity contribution is 6.30. The Balaban J connectivity index is 1.68. The van der Waals surface area contributed by atoms with Gasteiger partial charge >= 0.3 is 0 Å². The van der Waals surface area contributed by atoms with E-state index < -0.39 is 0 Å². The van der Waals surface area contributed by atoms with Crippen LogP contribution in [-0.2, 0) is 0 Å². The normalized spacial score (nSPS) is 12.3. The van der Waals surface area contributed by atoms with Crippen molar-refractivity contribution in [2.45, 2.75) is 6.04 Å². The fourth-order valence-electron chi connectivity index (χ4n) is 2.83. The number of aliphatic imine (C=N–C) groups is 1. The summed E-state index contributed by atoms with van der Waals surface area (Å²) in [5, 5.41) is 4.99. The van der Waals surface area contributed by atoms with Crippen molar-refractivity contribution in [2.24, 2.45) is 4.99 Å². The summed E-state index contributed by atoms with van der Waals surface area (Å²) in [5.74, 6) is 0.730. The molecular formula is C23H17ClN2O. The van der Waals surface area contributed by atoms with Gasteiger partial charge in [-0.05, 0) is 23.3 Å². The molecular weight excluding hydrogens is 356 g/mol. The summed E-state index contributed by atoms with van der Waals surface area (Å²) in [6.07, 6.45) is 1.84. The van der Waals surface area contributed by atoms with Crippen molar-refractivity contribution in [1.29, 1.82) is 0 Å². The molecule has 0 aliphatic heterocycles. The van der Waals surface area contributed by atoms with Gasteiger partial charge in [0.2, 0.25) is 0 Å². The van der Waals surface area contributed by atoms with E-state index in [1.807, 2.05) is 97.2 Å². The predicted octanol–water partition coefficient (Wildman–Crippen LogP) is 6.20. The second-order valence-corrected chi connectivity index (χ2v) is 6.56. The second-order valence-electron chi connectivity index (χ2n) is 6.12. The van der Waals surface area contributed by atoms with Crippen LogP contribution in [0.15, 0.2) is 101 Å². The van der Waals surface area contributed by atoms with E-state index >= 15 is 0 Å². The minimum absolute atomic E-state index is 0.247. The molecule has 1 atom stereocenters. The zero-order chi connectivity index (χ0) is 18.5. The molecule has 0 spiro atoms. The van der Waals surface area contributed by atoms with Crippen LogP contribution in [0.2, 0.25) is 5.02 Å². The van der Waals surface area contributed by atoms with Gasteiger partial charge in [0.05, 0.1) is 0 Å². The van der Waals surface area contributed by atoms with Gasteiger partial charge in [0.15, 0.2) is 5.76 Å². The van der Waals surface area contributed by atoms with Crippen molar-refractivity contribution >= 4 is 17.8 Å². The van der Waals surface area contributed by atoms with Crippen molar-refractivity contribution in [3.63, 3.8) is 0 Å². The molecule has 132 valence electrons. The Morgan fingerprint density at radius 2 is 1.52 bits per heavy atom. The maximum Gasteiger partial charge on any atom is 0.167 e. The lowest BCUT2D eigenvalue weighted by Gasteiger charge is -2.09. The molecule has 0 saturated heterocycles. The van der Waals surface area contributed by atoms with Gasteiger partial charge in [0.1, 0.15) is 11.7 Å². The lowest BCUT2D eigenvalue weighted by Crippen LogP contribution is -1.99. The molecule has 0 radical (unpaired) electrons. The third kappa shape index (κ3) is 4.15. The topological polar surface area (TPSA) is 38.4 Å². The molecule has 1 aromatic heterocycles. The van der Waals surface area contributed by atoms with Crippen LogP contribution >= 0.6 is 11.6 Å². The maximum absolute atomic E-state index is 5.96. The Kier molecular flexibility index (Phi) is 5.13. The zero-order valence-electron chi connectivity index (χ0n) is 14.5. The van der Waals surface area contributed by atoms with Crippen molar-refractivity contribution in [3.8, 4) is 11.3 Å². The van der Waals surface area contributed by atoms with Gasteiger partial charge in [0, 0.05) is 22.9 Å². The highest BCUT2D eigenvalue weighted by Gasteiger charge is 2.18. The van der Waals surface area contributed by atoms with Gasteiger partial charge in [-0.25, -0.2) is 0 Å². The van der Waals surface area contributed by atoms with Crippen LogP contribution in [0.25, 0.3) is 11.3 Å². The highest BCUT2D eigenvalue weighted by atomic mass is 35.5. The summed E-state index contributed by atoms with van der Waals surface area (Å²) in [6, 6.07) is 29.3. The van der Waals surface area contributed by atoms with Crippen LogP contribution in [0.1, 0.15) is 22.9 Å². The van der Waals surface area contributed by atoms with E-state index in [1.54, 1.807) is 0 Å². The summed E-state index contributed by atoms with van der Waals surface area (Å²) < 4.78 is 5.58. The number of halogens is 1. The Morgan fingerprint density at radius 1 is 0.852 bits per heavy atom.